The fourth-order valence-corrected chi connectivity index (χ4v) is 8.81. The summed E-state index contributed by atoms with van der Waals surface area (Å²) in [5, 5.41) is 2.03. The minimum absolute atomic E-state index is 0.402. The van der Waals surface area contributed by atoms with Gasteiger partial charge in [-0.25, -0.2) is 15.0 Å². The van der Waals surface area contributed by atoms with Gasteiger partial charge in [-0.05, 0) is 56.6 Å². The third-order valence-electron chi connectivity index (χ3n) is 10.9. The summed E-state index contributed by atoms with van der Waals surface area (Å²) >= 11 is 0. The first-order valence-corrected chi connectivity index (χ1v) is 17.5. The van der Waals surface area contributed by atoms with Gasteiger partial charge in [0.25, 0.3) is 0 Å². The number of hydrogen-bond donors (Lipinski definition) is 0. The zero-order chi connectivity index (χ0) is 33.5. The molecule has 2 aliphatic carbocycles. The predicted octanol–water partition coefficient (Wildman–Crippen LogP) is 11.5. The van der Waals surface area contributed by atoms with Crippen molar-refractivity contribution in [2.75, 3.05) is 0 Å². The van der Waals surface area contributed by atoms with E-state index >= 15 is 0 Å². The molecule has 51 heavy (non-hydrogen) atoms. The summed E-state index contributed by atoms with van der Waals surface area (Å²) in [6.45, 7) is 0. The average Bonchev–Trinajstić information content (AvgIpc) is 3.68. The Bertz CT molecular complexity index is 2810. The van der Waals surface area contributed by atoms with E-state index in [0.717, 1.165) is 49.9 Å². The maximum absolute atomic E-state index is 5.51. The van der Waals surface area contributed by atoms with Crippen LogP contribution in [0.2, 0.25) is 0 Å². The van der Waals surface area contributed by atoms with Crippen molar-refractivity contribution in [3.63, 3.8) is 0 Å². The first-order valence-electron chi connectivity index (χ1n) is 17.5. The summed E-state index contributed by atoms with van der Waals surface area (Å²) in [6, 6.07) is 62.9. The van der Waals surface area contributed by atoms with Gasteiger partial charge in [0.2, 0.25) is 0 Å². The Morgan fingerprint density at radius 2 is 0.902 bits per heavy atom. The Labute approximate surface area is 295 Å². The molecule has 2 aromatic heterocycles. The van der Waals surface area contributed by atoms with Crippen LogP contribution in [0.15, 0.2) is 176 Å². The van der Waals surface area contributed by atoms with Crippen molar-refractivity contribution in [3.8, 4) is 56.2 Å². The number of benzene rings is 7. The zero-order valence-electron chi connectivity index (χ0n) is 27.6. The van der Waals surface area contributed by atoms with E-state index in [1.54, 1.807) is 0 Å². The molecule has 7 aromatic carbocycles. The van der Waals surface area contributed by atoms with Gasteiger partial charge in [0, 0.05) is 27.5 Å². The molecule has 3 heteroatoms. The number of fused-ring (bicyclic) bond motifs is 13. The molecule has 3 nitrogen and oxygen atoms in total. The van der Waals surface area contributed by atoms with Crippen LogP contribution in [-0.4, -0.2) is 15.0 Å². The van der Waals surface area contributed by atoms with Crippen LogP contribution in [0.1, 0.15) is 22.3 Å². The molecule has 236 valence electrons. The monoisotopic (exact) mass is 647 g/mol. The number of pyridine rings is 1. The maximum Gasteiger partial charge on any atom is 0.160 e. The number of hydrogen-bond acceptors (Lipinski definition) is 3. The van der Waals surface area contributed by atoms with Gasteiger partial charge in [-0.1, -0.05) is 164 Å². The second-order valence-electron chi connectivity index (χ2n) is 13.5. The molecule has 0 unspecified atom stereocenters. The lowest BCUT2D eigenvalue weighted by Gasteiger charge is -2.30. The van der Waals surface area contributed by atoms with Gasteiger partial charge >= 0.3 is 0 Å². The summed E-state index contributed by atoms with van der Waals surface area (Å²) in [5.41, 5.74) is 16.7. The summed E-state index contributed by atoms with van der Waals surface area (Å²) in [6.07, 6.45) is 0. The van der Waals surface area contributed by atoms with Crippen LogP contribution in [0, 0.1) is 0 Å². The van der Waals surface area contributed by atoms with Gasteiger partial charge in [0.15, 0.2) is 5.82 Å². The van der Waals surface area contributed by atoms with E-state index in [9.17, 15) is 0 Å². The molecule has 0 fully saturated rings. The van der Waals surface area contributed by atoms with Crippen LogP contribution < -0.4 is 0 Å². The second kappa shape index (κ2) is 10.6. The normalized spacial score (nSPS) is 13.3. The standard InChI is InChI=1S/C48H29N3/c1-3-14-30(15-4-1)44-37-28-26-31-27-29-42(49-45(31)46(37)51-47(50-44)32-16-5-2-6-17-32)36-21-13-25-41-43(36)35-20-9-12-24-40(35)48(41)38-22-10-7-18-33(38)34-19-8-11-23-39(34)48/h1-29H. The molecule has 1 spiro atoms. The Balaban J connectivity index is 1.20. The van der Waals surface area contributed by atoms with Gasteiger partial charge in [-0.15, -0.1) is 0 Å². The van der Waals surface area contributed by atoms with E-state index in [1.165, 1.54) is 44.5 Å². The fraction of sp³-hybridized carbons (Fsp3) is 0.0208. The fourth-order valence-electron chi connectivity index (χ4n) is 8.81. The average molecular weight is 648 g/mol. The Kier molecular flexibility index (Phi) is 5.88. The summed E-state index contributed by atoms with van der Waals surface area (Å²) in [4.78, 5) is 15.9. The van der Waals surface area contributed by atoms with Crippen molar-refractivity contribution in [1.82, 2.24) is 15.0 Å². The lowest BCUT2D eigenvalue weighted by atomic mass is 9.70. The summed E-state index contributed by atoms with van der Waals surface area (Å²) < 4.78 is 0. The number of nitrogens with zero attached hydrogens (tertiary/aromatic N) is 3. The third-order valence-corrected chi connectivity index (χ3v) is 10.9. The lowest BCUT2D eigenvalue weighted by molar-refractivity contribution is 0.794. The Morgan fingerprint density at radius 3 is 1.61 bits per heavy atom. The molecule has 11 rings (SSSR count). The number of rotatable bonds is 3. The van der Waals surface area contributed by atoms with E-state index < -0.39 is 5.41 Å². The van der Waals surface area contributed by atoms with Crippen LogP contribution in [0.25, 0.3) is 78.0 Å². The highest BCUT2D eigenvalue weighted by Gasteiger charge is 2.52. The molecule has 0 bridgehead atoms. The van der Waals surface area contributed by atoms with Crippen LogP contribution in [0.4, 0.5) is 0 Å². The number of aromatic nitrogens is 3. The van der Waals surface area contributed by atoms with Crippen molar-refractivity contribution in [3.05, 3.63) is 198 Å². The topological polar surface area (TPSA) is 38.7 Å². The largest absolute Gasteiger partial charge is 0.245 e. The molecule has 0 atom stereocenters. The van der Waals surface area contributed by atoms with Crippen molar-refractivity contribution < 1.29 is 0 Å². The van der Waals surface area contributed by atoms with Crippen LogP contribution >= 0.6 is 0 Å². The van der Waals surface area contributed by atoms with Crippen molar-refractivity contribution >= 4 is 21.8 Å². The molecule has 2 aliphatic rings. The first kappa shape index (κ1) is 28.2. The smallest absolute Gasteiger partial charge is 0.160 e. The minimum Gasteiger partial charge on any atom is -0.245 e. The van der Waals surface area contributed by atoms with Crippen molar-refractivity contribution in [2.45, 2.75) is 5.41 Å². The molecule has 9 aromatic rings. The second-order valence-corrected chi connectivity index (χ2v) is 13.5. The molecule has 0 N–H and O–H groups in total. The molecule has 0 radical (unpaired) electrons. The van der Waals surface area contributed by atoms with Gasteiger partial charge in [0.1, 0.15) is 5.52 Å². The molecule has 2 heterocycles. The Hall–Kier alpha value is -6.71. The van der Waals surface area contributed by atoms with Gasteiger partial charge < -0.3 is 0 Å². The first-order chi connectivity index (χ1) is 25.3. The lowest BCUT2D eigenvalue weighted by Crippen LogP contribution is -2.25. The highest BCUT2D eigenvalue weighted by molar-refractivity contribution is 6.09. The molecule has 0 amide bonds. The molecular weight excluding hydrogens is 619 g/mol. The molecular formula is C48H29N3. The highest BCUT2D eigenvalue weighted by Crippen LogP contribution is 2.63. The van der Waals surface area contributed by atoms with Gasteiger partial charge in [-0.3, -0.25) is 0 Å². The van der Waals surface area contributed by atoms with E-state index in [-0.39, 0.29) is 0 Å². The summed E-state index contributed by atoms with van der Waals surface area (Å²) in [5.74, 6) is 0.691. The highest BCUT2D eigenvalue weighted by atomic mass is 14.9. The van der Waals surface area contributed by atoms with Crippen LogP contribution in [0.3, 0.4) is 0 Å². The van der Waals surface area contributed by atoms with E-state index in [0.29, 0.717) is 5.82 Å². The molecule has 0 saturated heterocycles. The maximum atomic E-state index is 5.51. The van der Waals surface area contributed by atoms with Gasteiger partial charge in [-0.2, -0.15) is 0 Å². The molecule has 0 aliphatic heterocycles. The van der Waals surface area contributed by atoms with E-state index in [2.05, 4.69) is 152 Å². The SMILES string of the molecule is c1ccc(-c2nc(-c3ccccc3)c3ccc4ccc(-c5cccc6c5-c5ccccc5C65c6ccccc6-c6ccccc65)nc4c3n2)cc1. The Morgan fingerprint density at radius 1 is 0.353 bits per heavy atom. The van der Waals surface area contributed by atoms with Crippen molar-refractivity contribution in [1.29, 1.82) is 0 Å². The third kappa shape index (κ3) is 3.86. The van der Waals surface area contributed by atoms with Gasteiger partial charge in [0.05, 0.1) is 22.3 Å². The zero-order valence-corrected chi connectivity index (χ0v) is 27.6. The van der Waals surface area contributed by atoms with E-state index in [1.807, 2.05) is 24.3 Å². The summed E-state index contributed by atoms with van der Waals surface area (Å²) in [7, 11) is 0. The van der Waals surface area contributed by atoms with E-state index in [4.69, 9.17) is 15.0 Å². The van der Waals surface area contributed by atoms with Crippen molar-refractivity contribution in [2.24, 2.45) is 0 Å². The quantitative estimate of drug-likeness (QED) is 0.179. The molecule has 0 saturated carbocycles. The van der Waals surface area contributed by atoms with Crippen LogP contribution in [-0.2, 0) is 5.41 Å². The van der Waals surface area contributed by atoms with Crippen LogP contribution in [0.5, 0.6) is 0 Å². The minimum atomic E-state index is -0.402. The predicted molar refractivity (Wildman–Crippen MR) is 207 cm³/mol.